The Morgan fingerprint density at radius 2 is 1.91 bits per heavy atom. The Morgan fingerprint density at radius 3 is 2.45 bits per heavy atom. The normalized spacial score (nSPS) is 32.8. The first-order valence-corrected chi connectivity index (χ1v) is 4.39. The molecule has 64 valence electrons. The molecule has 0 saturated heterocycles. The first-order valence-electron chi connectivity index (χ1n) is 4.39. The number of nitrogens with zero attached hydrogens (tertiary/aromatic N) is 2. The minimum absolute atomic E-state index is 0.749. The average molecular weight is 155 g/mol. The van der Waals surface area contributed by atoms with Gasteiger partial charge in [-0.3, -0.25) is 0 Å². The highest BCUT2D eigenvalue weighted by molar-refractivity contribution is 4.70. The van der Waals surface area contributed by atoms with Gasteiger partial charge in [0.15, 0.2) is 0 Å². The van der Waals surface area contributed by atoms with Crippen molar-refractivity contribution in [3.05, 3.63) is 0 Å². The predicted octanol–water partition coefficient (Wildman–Crippen LogP) is 2.14. The van der Waals surface area contributed by atoms with Gasteiger partial charge in [0.05, 0.1) is 6.54 Å². The van der Waals surface area contributed by atoms with Gasteiger partial charge < -0.3 is 5.84 Å². The SMILES string of the molecule is C[C@H]1CC[C@H](CN=NN)CC1. The van der Waals surface area contributed by atoms with Crippen molar-refractivity contribution in [2.45, 2.75) is 32.6 Å². The predicted molar refractivity (Wildman–Crippen MR) is 45.0 cm³/mol. The lowest BCUT2D eigenvalue weighted by Gasteiger charge is -2.24. The van der Waals surface area contributed by atoms with Crippen LogP contribution < -0.4 is 5.84 Å². The first-order chi connectivity index (χ1) is 5.33. The van der Waals surface area contributed by atoms with Gasteiger partial charge in [0.25, 0.3) is 0 Å². The lowest BCUT2D eigenvalue weighted by atomic mass is 9.83. The van der Waals surface area contributed by atoms with Gasteiger partial charge in [-0.15, -0.1) is 0 Å². The smallest absolute Gasteiger partial charge is 0.0648 e. The number of hydrogen-bond acceptors (Lipinski definition) is 2. The molecule has 1 aliphatic rings. The standard InChI is InChI=1S/C8H17N3/c1-7-2-4-8(5-3-7)6-10-11-9/h7-8H,2-6H2,1H3,(H2,9,10)/t7-,8-. The van der Waals surface area contributed by atoms with Gasteiger partial charge in [-0.1, -0.05) is 25.0 Å². The maximum Gasteiger partial charge on any atom is 0.0648 e. The van der Waals surface area contributed by atoms with Crippen molar-refractivity contribution in [1.82, 2.24) is 0 Å². The molecule has 0 spiro atoms. The molecule has 0 aromatic carbocycles. The van der Waals surface area contributed by atoms with E-state index in [0.717, 1.165) is 18.4 Å². The zero-order valence-electron chi connectivity index (χ0n) is 7.16. The molecule has 3 heteroatoms. The van der Waals surface area contributed by atoms with Crippen LogP contribution in [0, 0.1) is 11.8 Å². The molecule has 0 aliphatic heterocycles. The van der Waals surface area contributed by atoms with Crippen LogP contribution in [0.5, 0.6) is 0 Å². The Hall–Kier alpha value is -0.600. The van der Waals surface area contributed by atoms with Gasteiger partial charge in [-0.25, -0.2) is 0 Å². The fraction of sp³-hybridized carbons (Fsp3) is 1.00. The monoisotopic (exact) mass is 155 g/mol. The topological polar surface area (TPSA) is 50.7 Å². The van der Waals surface area contributed by atoms with Crippen molar-refractivity contribution < 1.29 is 0 Å². The van der Waals surface area contributed by atoms with Gasteiger partial charge in [0.1, 0.15) is 0 Å². The summed E-state index contributed by atoms with van der Waals surface area (Å²) in [5, 5.41) is 7.10. The van der Waals surface area contributed by atoms with Crippen LogP contribution in [-0.4, -0.2) is 6.54 Å². The molecule has 0 bridgehead atoms. The summed E-state index contributed by atoms with van der Waals surface area (Å²) in [4.78, 5) is 0. The highest BCUT2D eigenvalue weighted by Crippen LogP contribution is 2.28. The molecular weight excluding hydrogens is 138 g/mol. The number of hydrogen-bond donors (Lipinski definition) is 1. The summed E-state index contributed by atoms with van der Waals surface area (Å²) >= 11 is 0. The van der Waals surface area contributed by atoms with Crippen molar-refractivity contribution in [3.8, 4) is 0 Å². The summed E-state index contributed by atoms with van der Waals surface area (Å²) in [7, 11) is 0. The molecule has 11 heavy (non-hydrogen) atoms. The molecule has 0 radical (unpaired) electrons. The fourth-order valence-electron chi connectivity index (χ4n) is 1.67. The highest BCUT2D eigenvalue weighted by Gasteiger charge is 2.17. The van der Waals surface area contributed by atoms with Crippen LogP contribution in [-0.2, 0) is 0 Å². The number of rotatable bonds is 2. The van der Waals surface area contributed by atoms with E-state index in [2.05, 4.69) is 17.3 Å². The molecule has 1 aliphatic carbocycles. The van der Waals surface area contributed by atoms with Crippen LogP contribution in [0.1, 0.15) is 32.6 Å². The second kappa shape index (κ2) is 4.31. The van der Waals surface area contributed by atoms with E-state index in [1.54, 1.807) is 0 Å². The van der Waals surface area contributed by atoms with Crippen molar-refractivity contribution in [3.63, 3.8) is 0 Å². The molecule has 2 N–H and O–H groups in total. The summed E-state index contributed by atoms with van der Waals surface area (Å²) in [5.74, 6) is 6.60. The first kappa shape index (κ1) is 8.50. The second-order valence-corrected chi connectivity index (χ2v) is 3.57. The highest BCUT2D eigenvalue weighted by atomic mass is 15.3. The average Bonchev–Trinajstić information content (AvgIpc) is 2.04. The third kappa shape index (κ3) is 2.87. The summed E-state index contributed by atoms with van der Waals surface area (Å²) in [6.07, 6.45) is 5.32. The summed E-state index contributed by atoms with van der Waals surface area (Å²) in [5.41, 5.74) is 0. The van der Waals surface area contributed by atoms with Gasteiger partial charge in [0.2, 0.25) is 0 Å². The van der Waals surface area contributed by atoms with E-state index in [0.29, 0.717) is 0 Å². The molecule has 0 atom stereocenters. The van der Waals surface area contributed by atoms with Crippen LogP contribution in [0.4, 0.5) is 0 Å². The minimum Gasteiger partial charge on any atom is -0.305 e. The van der Waals surface area contributed by atoms with Crippen LogP contribution >= 0.6 is 0 Å². The van der Waals surface area contributed by atoms with E-state index >= 15 is 0 Å². The van der Waals surface area contributed by atoms with Gasteiger partial charge >= 0.3 is 0 Å². The Bertz CT molecular complexity index is 125. The van der Waals surface area contributed by atoms with Crippen LogP contribution in [0.3, 0.4) is 0 Å². The molecule has 1 saturated carbocycles. The summed E-state index contributed by atoms with van der Waals surface area (Å²) in [6.45, 7) is 3.16. The van der Waals surface area contributed by atoms with Crippen LogP contribution in [0.2, 0.25) is 0 Å². The molecule has 1 fully saturated rings. The molecule has 0 aromatic rings. The van der Waals surface area contributed by atoms with Gasteiger partial charge in [-0.05, 0) is 24.7 Å². The lowest BCUT2D eigenvalue weighted by Crippen LogP contribution is -2.14. The van der Waals surface area contributed by atoms with Crippen molar-refractivity contribution in [2.24, 2.45) is 28.0 Å². The minimum atomic E-state index is 0.749. The maximum atomic E-state index is 4.93. The molecule has 0 aromatic heterocycles. The van der Waals surface area contributed by atoms with E-state index in [1.165, 1.54) is 25.7 Å². The van der Waals surface area contributed by atoms with E-state index in [1.807, 2.05) is 0 Å². The molecule has 0 heterocycles. The van der Waals surface area contributed by atoms with E-state index in [-0.39, 0.29) is 0 Å². The van der Waals surface area contributed by atoms with E-state index in [4.69, 9.17) is 5.84 Å². The summed E-state index contributed by atoms with van der Waals surface area (Å²) in [6, 6.07) is 0. The largest absolute Gasteiger partial charge is 0.305 e. The summed E-state index contributed by atoms with van der Waals surface area (Å²) < 4.78 is 0. The fourth-order valence-corrected chi connectivity index (χ4v) is 1.67. The van der Waals surface area contributed by atoms with Crippen LogP contribution in [0.15, 0.2) is 10.3 Å². The van der Waals surface area contributed by atoms with Crippen molar-refractivity contribution in [2.75, 3.05) is 6.54 Å². The zero-order chi connectivity index (χ0) is 8.10. The second-order valence-electron chi connectivity index (χ2n) is 3.57. The quantitative estimate of drug-likeness (QED) is 0.370. The molecule has 1 rings (SSSR count). The van der Waals surface area contributed by atoms with E-state index in [9.17, 15) is 0 Å². The van der Waals surface area contributed by atoms with Crippen molar-refractivity contribution >= 4 is 0 Å². The molecule has 0 amide bonds. The van der Waals surface area contributed by atoms with Crippen molar-refractivity contribution in [1.29, 1.82) is 0 Å². The lowest BCUT2D eigenvalue weighted by molar-refractivity contribution is 0.294. The molecule has 3 nitrogen and oxygen atoms in total. The van der Waals surface area contributed by atoms with E-state index < -0.39 is 0 Å². The zero-order valence-corrected chi connectivity index (χ0v) is 7.16. The molecular formula is C8H17N3. The Labute approximate surface area is 68.0 Å². The number of nitrogens with two attached hydrogens (primary N) is 1. The third-order valence-electron chi connectivity index (χ3n) is 2.56. The molecule has 0 unspecified atom stereocenters. The Morgan fingerprint density at radius 1 is 1.27 bits per heavy atom. The van der Waals surface area contributed by atoms with Gasteiger partial charge in [-0.2, -0.15) is 5.11 Å². The Kier molecular flexibility index (Phi) is 3.33. The maximum absolute atomic E-state index is 4.93. The Balaban J connectivity index is 2.17. The van der Waals surface area contributed by atoms with Crippen LogP contribution in [0.25, 0.3) is 0 Å². The third-order valence-corrected chi connectivity index (χ3v) is 2.56. The van der Waals surface area contributed by atoms with Gasteiger partial charge in [0, 0.05) is 0 Å².